The molecule has 0 aromatic carbocycles. The number of hydrogen-bond acceptors (Lipinski definition) is 4. The third kappa shape index (κ3) is 3.09. The van der Waals surface area contributed by atoms with Crippen molar-refractivity contribution < 1.29 is 4.74 Å². The summed E-state index contributed by atoms with van der Waals surface area (Å²) in [5, 5.41) is 0. The fourth-order valence-corrected chi connectivity index (χ4v) is 2.32. The zero-order valence-corrected chi connectivity index (χ0v) is 10.4. The van der Waals surface area contributed by atoms with Gasteiger partial charge in [-0.25, -0.2) is 0 Å². The lowest BCUT2D eigenvalue weighted by atomic mass is 10.1. The number of anilines is 1. The molecule has 4 nitrogen and oxygen atoms in total. The van der Waals surface area contributed by atoms with Gasteiger partial charge in [-0.2, -0.15) is 4.98 Å². The lowest BCUT2D eigenvalue weighted by Crippen LogP contribution is -2.21. The van der Waals surface area contributed by atoms with Crippen LogP contribution in [0.1, 0.15) is 19.8 Å². The molecular formula is C13H21N3O. The van der Waals surface area contributed by atoms with Gasteiger partial charge in [0.15, 0.2) is 0 Å². The molecule has 2 rings (SSSR count). The Labute approximate surface area is 103 Å². The van der Waals surface area contributed by atoms with Crippen LogP contribution in [0.3, 0.4) is 0 Å². The monoisotopic (exact) mass is 235 g/mol. The summed E-state index contributed by atoms with van der Waals surface area (Å²) in [6.07, 6.45) is 2.33. The Morgan fingerprint density at radius 3 is 3.18 bits per heavy atom. The largest absolute Gasteiger partial charge is 0.478 e. The van der Waals surface area contributed by atoms with Gasteiger partial charge in [0.05, 0.1) is 6.61 Å². The topological polar surface area (TPSA) is 51.4 Å². The third-order valence-corrected chi connectivity index (χ3v) is 3.19. The molecule has 1 fully saturated rings. The van der Waals surface area contributed by atoms with Crippen molar-refractivity contribution in [3.8, 4) is 5.88 Å². The van der Waals surface area contributed by atoms with E-state index in [1.165, 1.54) is 6.42 Å². The molecule has 0 saturated carbocycles. The van der Waals surface area contributed by atoms with E-state index >= 15 is 0 Å². The maximum Gasteiger partial charge on any atom is 0.215 e. The highest BCUT2D eigenvalue weighted by atomic mass is 16.5. The van der Waals surface area contributed by atoms with Crippen LogP contribution in [0.2, 0.25) is 0 Å². The molecule has 1 atom stereocenters. The molecule has 0 amide bonds. The summed E-state index contributed by atoms with van der Waals surface area (Å²) in [5.41, 5.74) is 5.60. The Morgan fingerprint density at radius 1 is 1.53 bits per heavy atom. The van der Waals surface area contributed by atoms with Crippen molar-refractivity contribution in [3.05, 3.63) is 18.2 Å². The van der Waals surface area contributed by atoms with Crippen LogP contribution < -0.4 is 15.4 Å². The second-order valence-electron chi connectivity index (χ2n) is 4.45. The van der Waals surface area contributed by atoms with E-state index in [1.54, 1.807) is 0 Å². The first kappa shape index (κ1) is 12.2. The van der Waals surface area contributed by atoms with Crippen LogP contribution >= 0.6 is 0 Å². The molecule has 1 unspecified atom stereocenters. The molecule has 1 aliphatic rings. The Kier molecular flexibility index (Phi) is 4.20. The summed E-state index contributed by atoms with van der Waals surface area (Å²) >= 11 is 0. The number of rotatable bonds is 5. The first-order valence-corrected chi connectivity index (χ1v) is 6.38. The van der Waals surface area contributed by atoms with Crippen molar-refractivity contribution in [1.29, 1.82) is 0 Å². The molecule has 0 spiro atoms. The van der Waals surface area contributed by atoms with Gasteiger partial charge in [0.2, 0.25) is 5.88 Å². The van der Waals surface area contributed by atoms with Crippen molar-refractivity contribution in [3.63, 3.8) is 0 Å². The van der Waals surface area contributed by atoms with Gasteiger partial charge in [-0.1, -0.05) is 6.07 Å². The zero-order chi connectivity index (χ0) is 12.1. The average Bonchev–Trinajstić information content (AvgIpc) is 2.79. The van der Waals surface area contributed by atoms with Crippen molar-refractivity contribution in [2.75, 3.05) is 31.1 Å². The van der Waals surface area contributed by atoms with Crippen LogP contribution in [0.15, 0.2) is 18.2 Å². The van der Waals surface area contributed by atoms with Crippen molar-refractivity contribution in [2.24, 2.45) is 11.7 Å². The molecule has 1 aliphatic heterocycles. The normalized spacial score (nSPS) is 19.6. The number of nitrogens with two attached hydrogens (primary N) is 1. The quantitative estimate of drug-likeness (QED) is 0.843. The minimum absolute atomic E-state index is 0.659. The Bertz CT molecular complexity index is 356. The number of nitrogens with zero attached hydrogens (tertiary/aromatic N) is 2. The number of pyridine rings is 1. The van der Waals surface area contributed by atoms with E-state index in [2.05, 4.69) is 9.88 Å². The maximum atomic E-state index is 5.60. The summed E-state index contributed by atoms with van der Waals surface area (Å²) in [6, 6.07) is 5.96. The smallest absolute Gasteiger partial charge is 0.215 e. The van der Waals surface area contributed by atoms with Crippen molar-refractivity contribution in [2.45, 2.75) is 19.8 Å². The van der Waals surface area contributed by atoms with Gasteiger partial charge >= 0.3 is 0 Å². The number of ether oxygens (including phenoxy) is 1. The molecular weight excluding hydrogens is 214 g/mol. The molecule has 4 heteroatoms. The van der Waals surface area contributed by atoms with E-state index in [0.29, 0.717) is 12.5 Å². The molecule has 1 saturated heterocycles. The molecule has 2 heterocycles. The predicted octanol–water partition coefficient (Wildman–Crippen LogP) is 1.66. The fraction of sp³-hybridized carbons (Fsp3) is 0.615. The summed E-state index contributed by atoms with van der Waals surface area (Å²) in [4.78, 5) is 6.83. The van der Waals surface area contributed by atoms with E-state index < -0.39 is 0 Å². The average molecular weight is 235 g/mol. The third-order valence-electron chi connectivity index (χ3n) is 3.19. The van der Waals surface area contributed by atoms with Gasteiger partial charge in [-0.15, -0.1) is 0 Å². The van der Waals surface area contributed by atoms with E-state index in [9.17, 15) is 0 Å². The second kappa shape index (κ2) is 5.87. The molecule has 94 valence electrons. The van der Waals surface area contributed by atoms with Gasteiger partial charge in [0, 0.05) is 19.2 Å². The van der Waals surface area contributed by atoms with Gasteiger partial charge in [-0.3, -0.25) is 0 Å². The Hall–Kier alpha value is -1.29. The van der Waals surface area contributed by atoms with E-state index in [-0.39, 0.29) is 0 Å². The number of hydrogen-bond donors (Lipinski definition) is 1. The van der Waals surface area contributed by atoms with Crippen LogP contribution in [0.25, 0.3) is 0 Å². The first-order chi connectivity index (χ1) is 8.33. The number of aromatic nitrogens is 1. The van der Waals surface area contributed by atoms with E-state index in [0.717, 1.165) is 37.8 Å². The highest BCUT2D eigenvalue weighted by Crippen LogP contribution is 2.25. The molecule has 17 heavy (non-hydrogen) atoms. The standard InChI is InChI=1S/C13H21N3O/c1-2-17-13-5-3-4-12(15-13)16-9-7-11(10-16)6-8-14/h3-5,11H,2,6-10,14H2,1H3. The van der Waals surface area contributed by atoms with Crippen LogP contribution in [-0.4, -0.2) is 31.2 Å². The molecule has 1 aromatic rings. The summed E-state index contributed by atoms with van der Waals surface area (Å²) in [7, 11) is 0. The summed E-state index contributed by atoms with van der Waals surface area (Å²) < 4.78 is 5.42. The Morgan fingerprint density at radius 2 is 2.41 bits per heavy atom. The highest BCUT2D eigenvalue weighted by molar-refractivity contribution is 5.41. The molecule has 1 aromatic heterocycles. The highest BCUT2D eigenvalue weighted by Gasteiger charge is 2.22. The van der Waals surface area contributed by atoms with Gasteiger partial charge in [-0.05, 0) is 38.3 Å². The molecule has 0 radical (unpaired) electrons. The Balaban J connectivity index is 2.00. The molecule has 0 aliphatic carbocycles. The minimum atomic E-state index is 0.659. The van der Waals surface area contributed by atoms with Crippen molar-refractivity contribution >= 4 is 5.82 Å². The van der Waals surface area contributed by atoms with Gasteiger partial charge in [0.1, 0.15) is 5.82 Å². The zero-order valence-electron chi connectivity index (χ0n) is 10.4. The van der Waals surface area contributed by atoms with Crippen LogP contribution in [0.5, 0.6) is 5.88 Å². The van der Waals surface area contributed by atoms with Crippen LogP contribution in [0, 0.1) is 5.92 Å². The van der Waals surface area contributed by atoms with E-state index in [4.69, 9.17) is 10.5 Å². The van der Waals surface area contributed by atoms with Crippen molar-refractivity contribution in [1.82, 2.24) is 4.98 Å². The fourth-order valence-electron chi connectivity index (χ4n) is 2.32. The van der Waals surface area contributed by atoms with Gasteiger partial charge < -0.3 is 15.4 Å². The van der Waals surface area contributed by atoms with E-state index in [1.807, 2.05) is 25.1 Å². The van der Waals surface area contributed by atoms with Crippen LogP contribution in [0.4, 0.5) is 5.82 Å². The molecule has 0 bridgehead atoms. The van der Waals surface area contributed by atoms with Crippen LogP contribution in [-0.2, 0) is 0 Å². The minimum Gasteiger partial charge on any atom is -0.478 e. The second-order valence-corrected chi connectivity index (χ2v) is 4.45. The predicted molar refractivity (Wildman–Crippen MR) is 69.4 cm³/mol. The first-order valence-electron chi connectivity index (χ1n) is 6.38. The molecule has 2 N–H and O–H groups in total. The lowest BCUT2D eigenvalue weighted by molar-refractivity contribution is 0.327. The maximum absolute atomic E-state index is 5.60. The SMILES string of the molecule is CCOc1cccc(N2CCC(CCN)C2)n1. The lowest BCUT2D eigenvalue weighted by Gasteiger charge is -2.18. The summed E-state index contributed by atoms with van der Waals surface area (Å²) in [6.45, 7) is 5.56. The summed E-state index contributed by atoms with van der Waals surface area (Å²) in [5.74, 6) is 2.46. The van der Waals surface area contributed by atoms with Gasteiger partial charge in [0.25, 0.3) is 0 Å².